The van der Waals surface area contributed by atoms with Crippen molar-refractivity contribution >= 4 is 17.4 Å². The molecule has 1 N–H and O–H groups in total. The van der Waals surface area contributed by atoms with Crippen molar-refractivity contribution in [2.24, 2.45) is 0 Å². The summed E-state index contributed by atoms with van der Waals surface area (Å²) in [7, 11) is 1.26. The van der Waals surface area contributed by atoms with E-state index in [0.29, 0.717) is 0 Å². The van der Waals surface area contributed by atoms with Gasteiger partial charge in [0.1, 0.15) is 5.75 Å². The summed E-state index contributed by atoms with van der Waals surface area (Å²) in [5.41, 5.74) is -0.859. The Bertz CT molecular complexity index is 483. The fourth-order valence-electron chi connectivity index (χ4n) is 1.29. The molecule has 98 valence electrons. The third-order valence-electron chi connectivity index (χ3n) is 2.04. The molecule has 0 saturated carbocycles. The number of methoxy groups -OCH3 is 1. The largest absolute Gasteiger partial charge is 0.497 e. The van der Waals surface area contributed by atoms with Gasteiger partial charge in [-0.1, -0.05) is 0 Å². The lowest BCUT2D eigenvalue weighted by molar-refractivity contribution is -0.114. The van der Waals surface area contributed by atoms with Crippen LogP contribution in [0.4, 0.5) is 18.9 Å². The summed E-state index contributed by atoms with van der Waals surface area (Å²) in [5.74, 6) is -2.52. The second kappa shape index (κ2) is 5.07. The topological polar surface area (TPSA) is 55.4 Å². The molecule has 18 heavy (non-hydrogen) atoms. The number of halogens is 3. The monoisotopic (exact) mass is 261 g/mol. The highest BCUT2D eigenvalue weighted by molar-refractivity contribution is 6.07. The Morgan fingerprint density at radius 2 is 1.89 bits per heavy atom. The number of benzene rings is 1. The SMILES string of the molecule is COc1ccc(NC(C)=O)c(C(=O)C(F)(F)F)c1. The molecule has 1 rings (SSSR count). The first kappa shape index (κ1) is 14.0. The second-order valence-electron chi connectivity index (χ2n) is 3.42. The van der Waals surface area contributed by atoms with Crippen molar-refractivity contribution in [2.75, 3.05) is 12.4 Å². The van der Waals surface area contributed by atoms with E-state index in [0.717, 1.165) is 13.0 Å². The van der Waals surface area contributed by atoms with Gasteiger partial charge in [0.25, 0.3) is 5.78 Å². The third kappa shape index (κ3) is 3.22. The maximum absolute atomic E-state index is 12.4. The number of anilines is 1. The standard InChI is InChI=1S/C11H10F3NO3/c1-6(16)15-9-4-3-7(18-2)5-8(9)10(17)11(12,13)14/h3-5H,1-2H3,(H,15,16). The first-order valence-corrected chi connectivity index (χ1v) is 4.83. The van der Waals surface area contributed by atoms with Crippen molar-refractivity contribution in [1.82, 2.24) is 0 Å². The molecular weight excluding hydrogens is 251 g/mol. The number of carbonyl (C=O) groups excluding carboxylic acids is 2. The minimum Gasteiger partial charge on any atom is -0.497 e. The second-order valence-corrected chi connectivity index (χ2v) is 3.42. The van der Waals surface area contributed by atoms with E-state index in [4.69, 9.17) is 4.74 Å². The highest BCUT2D eigenvalue weighted by atomic mass is 19.4. The molecule has 0 fully saturated rings. The van der Waals surface area contributed by atoms with Gasteiger partial charge in [0, 0.05) is 6.92 Å². The Morgan fingerprint density at radius 3 is 2.33 bits per heavy atom. The summed E-state index contributed by atoms with van der Waals surface area (Å²) < 4.78 is 41.9. The van der Waals surface area contributed by atoms with Gasteiger partial charge in [0.15, 0.2) is 0 Å². The zero-order chi connectivity index (χ0) is 13.9. The maximum atomic E-state index is 12.4. The van der Waals surface area contributed by atoms with E-state index in [9.17, 15) is 22.8 Å². The maximum Gasteiger partial charge on any atom is 0.454 e. The summed E-state index contributed by atoms with van der Waals surface area (Å²) in [5, 5.41) is 2.16. The van der Waals surface area contributed by atoms with Gasteiger partial charge in [0.2, 0.25) is 5.91 Å². The zero-order valence-electron chi connectivity index (χ0n) is 9.59. The molecule has 7 heteroatoms. The number of nitrogens with one attached hydrogen (secondary N) is 1. The number of alkyl halides is 3. The molecular formula is C11H10F3NO3. The highest BCUT2D eigenvalue weighted by Crippen LogP contribution is 2.29. The Morgan fingerprint density at radius 1 is 1.28 bits per heavy atom. The predicted molar refractivity (Wildman–Crippen MR) is 57.7 cm³/mol. The van der Waals surface area contributed by atoms with Crippen LogP contribution in [0.5, 0.6) is 5.75 Å². The first-order chi connectivity index (χ1) is 8.25. The fraction of sp³-hybridized carbons (Fsp3) is 0.273. The summed E-state index contributed by atoms with van der Waals surface area (Å²) in [6.07, 6.45) is -5.01. The molecule has 0 aromatic heterocycles. The summed E-state index contributed by atoms with van der Waals surface area (Å²) in [6, 6.07) is 3.46. The number of ether oxygens (including phenoxy) is 1. The van der Waals surface area contributed by atoms with Gasteiger partial charge < -0.3 is 10.1 Å². The zero-order valence-corrected chi connectivity index (χ0v) is 9.59. The minimum atomic E-state index is -5.01. The number of ketones is 1. The van der Waals surface area contributed by atoms with Crippen molar-refractivity contribution in [3.8, 4) is 5.75 Å². The Balaban J connectivity index is 3.28. The molecule has 0 heterocycles. The minimum absolute atomic E-state index is 0.0942. The van der Waals surface area contributed by atoms with Gasteiger partial charge in [-0.2, -0.15) is 13.2 Å². The van der Waals surface area contributed by atoms with Gasteiger partial charge in [-0.15, -0.1) is 0 Å². The van der Waals surface area contributed by atoms with Crippen LogP contribution in [0.15, 0.2) is 18.2 Å². The smallest absolute Gasteiger partial charge is 0.454 e. The molecule has 1 aromatic rings. The summed E-state index contributed by atoms with van der Waals surface area (Å²) in [4.78, 5) is 22.1. The van der Waals surface area contributed by atoms with E-state index in [1.54, 1.807) is 0 Å². The van der Waals surface area contributed by atoms with Gasteiger partial charge in [-0.3, -0.25) is 9.59 Å². The molecule has 0 aliphatic carbocycles. The van der Waals surface area contributed by atoms with Crippen molar-refractivity contribution in [3.05, 3.63) is 23.8 Å². The third-order valence-corrected chi connectivity index (χ3v) is 2.04. The number of hydrogen-bond acceptors (Lipinski definition) is 3. The molecule has 0 atom stereocenters. The summed E-state index contributed by atoms with van der Waals surface area (Å²) >= 11 is 0. The molecule has 0 saturated heterocycles. The molecule has 1 aromatic carbocycles. The van der Waals surface area contributed by atoms with E-state index >= 15 is 0 Å². The number of rotatable bonds is 3. The predicted octanol–water partition coefficient (Wildman–Crippen LogP) is 2.40. The van der Waals surface area contributed by atoms with E-state index in [2.05, 4.69) is 5.32 Å². The van der Waals surface area contributed by atoms with Crippen LogP contribution in [0.1, 0.15) is 17.3 Å². The van der Waals surface area contributed by atoms with E-state index < -0.39 is 23.4 Å². The quantitative estimate of drug-likeness (QED) is 0.850. The molecule has 0 bridgehead atoms. The van der Waals surface area contributed by atoms with Crippen LogP contribution >= 0.6 is 0 Å². The number of hydrogen-bond donors (Lipinski definition) is 1. The van der Waals surface area contributed by atoms with Gasteiger partial charge in [0.05, 0.1) is 18.4 Å². The van der Waals surface area contributed by atoms with Crippen molar-refractivity contribution in [3.63, 3.8) is 0 Å². The fourth-order valence-corrected chi connectivity index (χ4v) is 1.29. The van der Waals surface area contributed by atoms with Crippen LogP contribution < -0.4 is 10.1 Å². The number of amides is 1. The molecule has 0 aliphatic rings. The lowest BCUT2D eigenvalue weighted by atomic mass is 10.1. The first-order valence-electron chi connectivity index (χ1n) is 4.83. The van der Waals surface area contributed by atoms with E-state index in [1.807, 2.05) is 0 Å². The molecule has 1 amide bonds. The van der Waals surface area contributed by atoms with Crippen LogP contribution in [0, 0.1) is 0 Å². The van der Waals surface area contributed by atoms with Gasteiger partial charge in [-0.05, 0) is 18.2 Å². The number of Topliss-reactive ketones (excluding diaryl/α,β-unsaturated/α-hetero) is 1. The van der Waals surface area contributed by atoms with Crippen molar-refractivity contribution in [1.29, 1.82) is 0 Å². The van der Waals surface area contributed by atoms with Crippen LogP contribution in [-0.2, 0) is 4.79 Å². The average molecular weight is 261 g/mol. The molecule has 0 spiro atoms. The lowest BCUT2D eigenvalue weighted by Gasteiger charge is -2.12. The Labute approximate surface area is 101 Å². The van der Waals surface area contributed by atoms with Gasteiger partial charge >= 0.3 is 6.18 Å². The molecule has 4 nitrogen and oxygen atoms in total. The molecule has 0 radical (unpaired) electrons. The summed E-state index contributed by atoms with van der Waals surface area (Å²) in [6.45, 7) is 1.13. The highest BCUT2D eigenvalue weighted by Gasteiger charge is 2.40. The van der Waals surface area contributed by atoms with Crippen LogP contribution in [0.25, 0.3) is 0 Å². The van der Waals surface area contributed by atoms with E-state index in [-0.39, 0.29) is 11.4 Å². The Hall–Kier alpha value is -2.05. The lowest BCUT2D eigenvalue weighted by Crippen LogP contribution is -2.24. The average Bonchev–Trinajstić information content (AvgIpc) is 2.26. The molecule has 0 unspecified atom stereocenters. The Kier molecular flexibility index (Phi) is 3.95. The van der Waals surface area contributed by atoms with Gasteiger partial charge in [-0.25, -0.2) is 0 Å². The number of carbonyl (C=O) groups is 2. The van der Waals surface area contributed by atoms with Crippen LogP contribution in [0.2, 0.25) is 0 Å². The normalized spacial score (nSPS) is 10.9. The van der Waals surface area contributed by atoms with Crippen molar-refractivity contribution in [2.45, 2.75) is 13.1 Å². The van der Waals surface area contributed by atoms with Crippen LogP contribution in [-0.4, -0.2) is 25.0 Å². The van der Waals surface area contributed by atoms with E-state index in [1.165, 1.54) is 19.2 Å². The van der Waals surface area contributed by atoms with Crippen molar-refractivity contribution < 1.29 is 27.5 Å². The van der Waals surface area contributed by atoms with Crippen LogP contribution in [0.3, 0.4) is 0 Å². The molecule has 0 aliphatic heterocycles.